The summed E-state index contributed by atoms with van der Waals surface area (Å²) in [6, 6.07) is 14.4. The van der Waals surface area contributed by atoms with Gasteiger partial charge in [-0.15, -0.1) is 0 Å². The van der Waals surface area contributed by atoms with Crippen molar-refractivity contribution in [1.82, 2.24) is 0 Å². The van der Waals surface area contributed by atoms with Gasteiger partial charge in [0, 0.05) is 17.8 Å². The van der Waals surface area contributed by atoms with Crippen LogP contribution in [0, 0.1) is 0 Å². The molecule has 0 radical (unpaired) electrons. The summed E-state index contributed by atoms with van der Waals surface area (Å²) >= 11 is 0. The number of rotatable bonds is 3. The number of hydrogen-bond donors (Lipinski definition) is 1. The zero-order valence-corrected chi connectivity index (χ0v) is 14.7. The van der Waals surface area contributed by atoms with Gasteiger partial charge in [0.05, 0.1) is 5.92 Å². The van der Waals surface area contributed by atoms with Crippen molar-refractivity contribution in [2.45, 2.75) is 32.3 Å². The average molecular weight is 338 g/mol. The quantitative estimate of drug-likeness (QED) is 0.934. The van der Waals surface area contributed by atoms with Gasteiger partial charge in [-0.05, 0) is 56.7 Å². The van der Waals surface area contributed by atoms with E-state index < -0.39 is 11.8 Å². The van der Waals surface area contributed by atoms with Crippen molar-refractivity contribution in [3.63, 3.8) is 0 Å². The first-order valence-electron chi connectivity index (χ1n) is 8.25. The Bertz CT molecular complexity index is 806. The van der Waals surface area contributed by atoms with E-state index in [9.17, 15) is 9.59 Å². The molecule has 2 aromatic carbocycles. The molecular weight excluding hydrogens is 316 g/mol. The lowest BCUT2D eigenvalue weighted by molar-refractivity contribution is -0.119. The van der Waals surface area contributed by atoms with Crippen molar-refractivity contribution in [2.24, 2.45) is 5.73 Å². The normalized spacial score (nSPS) is 16.4. The van der Waals surface area contributed by atoms with Crippen molar-refractivity contribution in [3.05, 3.63) is 59.7 Å². The number of nitrogens with two attached hydrogens (primary N) is 1. The van der Waals surface area contributed by atoms with Crippen LogP contribution >= 0.6 is 0 Å². The topological polar surface area (TPSA) is 72.6 Å². The lowest BCUT2D eigenvalue weighted by Gasteiger charge is -2.22. The third kappa shape index (κ3) is 3.50. The van der Waals surface area contributed by atoms with Crippen LogP contribution in [0.5, 0.6) is 5.75 Å². The third-order valence-electron chi connectivity index (χ3n) is 4.08. The lowest BCUT2D eigenvalue weighted by Crippen LogP contribution is -2.33. The van der Waals surface area contributed by atoms with E-state index in [1.165, 1.54) is 0 Å². The molecule has 5 nitrogen and oxygen atoms in total. The summed E-state index contributed by atoms with van der Waals surface area (Å²) in [4.78, 5) is 26.2. The van der Waals surface area contributed by atoms with Gasteiger partial charge in [-0.1, -0.05) is 18.2 Å². The van der Waals surface area contributed by atoms with Gasteiger partial charge in [-0.3, -0.25) is 9.59 Å². The lowest BCUT2D eigenvalue weighted by atomic mass is 10.0. The smallest absolute Gasteiger partial charge is 0.258 e. The Balaban J connectivity index is 1.85. The predicted octanol–water partition coefficient (Wildman–Crippen LogP) is 3.09. The van der Waals surface area contributed by atoms with Gasteiger partial charge < -0.3 is 15.4 Å². The molecule has 0 saturated heterocycles. The SMILES string of the molecule is CC(C)(C)Oc1ccc(C(=O)N2C[C@H](C(N)=O)c3ccccc32)cc1. The fourth-order valence-corrected chi connectivity index (χ4v) is 3.02. The monoisotopic (exact) mass is 338 g/mol. The van der Waals surface area contributed by atoms with Crippen LogP contribution in [0.2, 0.25) is 0 Å². The van der Waals surface area contributed by atoms with E-state index in [-0.39, 0.29) is 18.1 Å². The minimum Gasteiger partial charge on any atom is -0.488 e. The molecule has 1 heterocycles. The average Bonchev–Trinajstić information content (AvgIpc) is 2.93. The number of para-hydroxylation sites is 1. The van der Waals surface area contributed by atoms with Gasteiger partial charge in [0.1, 0.15) is 11.4 Å². The van der Waals surface area contributed by atoms with E-state index in [1.807, 2.05) is 45.0 Å². The number of anilines is 1. The van der Waals surface area contributed by atoms with Crippen molar-refractivity contribution in [2.75, 3.05) is 11.4 Å². The number of primary amides is 1. The molecule has 130 valence electrons. The van der Waals surface area contributed by atoms with E-state index in [1.54, 1.807) is 29.2 Å². The summed E-state index contributed by atoms with van der Waals surface area (Å²) in [7, 11) is 0. The first-order chi connectivity index (χ1) is 11.8. The van der Waals surface area contributed by atoms with Crippen LogP contribution in [-0.2, 0) is 4.79 Å². The van der Waals surface area contributed by atoms with Crippen LogP contribution in [-0.4, -0.2) is 24.0 Å². The largest absolute Gasteiger partial charge is 0.488 e. The number of nitrogens with zero attached hydrogens (tertiary/aromatic N) is 1. The first kappa shape index (κ1) is 17.0. The molecule has 0 aliphatic carbocycles. The summed E-state index contributed by atoms with van der Waals surface area (Å²) in [5.41, 5.74) is 7.29. The Labute approximate surface area is 147 Å². The zero-order chi connectivity index (χ0) is 18.2. The van der Waals surface area contributed by atoms with E-state index in [2.05, 4.69) is 0 Å². The highest BCUT2D eigenvalue weighted by atomic mass is 16.5. The summed E-state index contributed by atoms with van der Waals surface area (Å²) < 4.78 is 5.78. The van der Waals surface area contributed by atoms with Gasteiger partial charge in [0.15, 0.2) is 0 Å². The summed E-state index contributed by atoms with van der Waals surface area (Å²) in [5, 5.41) is 0. The maximum Gasteiger partial charge on any atom is 0.258 e. The third-order valence-corrected chi connectivity index (χ3v) is 4.08. The minimum absolute atomic E-state index is 0.154. The number of amides is 2. The van der Waals surface area contributed by atoms with Crippen LogP contribution in [0.3, 0.4) is 0 Å². The highest BCUT2D eigenvalue weighted by molar-refractivity contribution is 6.09. The fourth-order valence-electron chi connectivity index (χ4n) is 3.02. The van der Waals surface area contributed by atoms with Gasteiger partial charge in [-0.2, -0.15) is 0 Å². The molecule has 2 aromatic rings. The van der Waals surface area contributed by atoms with Crippen LogP contribution in [0.1, 0.15) is 42.6 Å². The predicted molar refractivity (Wildman–Crippen MR) is 96.9 cm³/mol. The Morgan fingerprint density at radius 3 is 2.32 bits per heavy atom. The molecule has 25 heavy (non-hydrogen) atoms. The van der Waals surface area contributed by atoms with Gasteiger partial charge >= 0.3 is 0 Å². The summed E-state index contributed by atoms with van der Waals surface area (Å²) in [6.07, 6.45) is 0. The van der Waals surface area contributed by atoms with E-state index >= 15 is 0 Å². The van der Waals surface area contributed by atoms with Gasteiger partial charge in [0.25, 0.3) is 5.91 Å². The molecule has 0 fully saturated rings. The molecule has 0 spiro atoms. The molecular formula is C20H22N2O3. The Hall–Kier alpha value is -2.82. The molecule has 0 bridgehead atoms. The first-order valence-corrected chi connectivity index (χ1v) is 8.25. The fraction of sp³-hybridized carbons (Fsp3) is 0.300. The van der Waals surface area contributed by atoms with Crippen LogP contribution in [0.15, 0.2) is 48.5 Å². The second-order valence-electron chi connectivity index (χ2n) is 7.17. The zero-order valence-electron chi connectivity index (χ0n) is 14.7. The highest BCUT2D eigenvalue weighted by Crippen LogP contribution is 2.36. The summed E-state index contributed by atoms with van der Waals surface area (Å²) in [6.45, 7) is 6.18. The van der Waals surface area contributed by atoms with E-state index in [0.717, 1.165) is 11.3 Å². The molecule has 3 rings (SSSR count). The van der Waals surface area contributed by atoms with Crippen molar-refractivity contribution >= 4 is 17.5 Å². The molecule has 0 saturated carbocycles. The van der Waals surface area contributed by atoms with Crippen molar-refractivity contribution in [1.29, 1.82) is 0 Å². The number of ether oxygens (including phenoxy) is 1. The molecule has 5 heteroatoms. The Morgan fingerprint density at radius 1 is 1.08 bits per heavy atom. The number of fused-ring (bicyclic) bond motifs is 1. The van der Waals surface area contributed by atoms with Crippen LogP contribution in [0.25, 0.3) is 0 Å². The maximum atomic E-state index is 12.9. The summed E-state index contributed by atoms with van der Waals surface area (Å²) in [5.74, 6) is -0.334. The Kier molecular flexibility index (Phi) is 4.25. The minimum atomic E-state index is -0.469. The standard InChI is InChI=1S/C20H22N2O3/c1-20(2,3)25-14-10-8-13(9-11-14)19(24)22-12-16(18(21)23)15-6-4-5-7-17(15)22/h4-11,16H,12H2,1-3H3,(H2,21,23)/t16-/m0/s1. The molecule has 2 N–H and O–H groups in total. The molecule has 0 aromatic heterocycles. The number of carbonyl (C=O) groups excluding carboxylic acids is 2. The van der Waals surface area contributed by atoms with Crippen molar-refractivity contribution < 1.29 is 14.3 Å². The highest BCUT2D eigenvalue weighted by Gasteiger charge is 2.35. The second-order valence-corrected chi connectivity index (χ2v) is 7.17. The molecule has 1 aliphatic rings. The van der Waals surface area contributed by atoms with Crippen molar-refractivity contribution in [3.8, 4) is 5.75 Å². The second kappa shape index (κ2) is 6.24. The Morgan fingerprint density at radius 2 is 1.72 bits per heavy atom. The number of benzene rings is 2. The van der Waals surface area contributed by atoms with Gasteiger partial charge in [0.2, 0.25) is 5.91 Å². The maximum absolute atomic E-state index is 12.9. The number of carbonyl (C=O) groups is 2. The van der Waals surface area contributed by atoms with Gasteiger partial charge in [-0.25, -0.2) is 0 Å². The molecule has 0 unspecified atom stereocenters. The van der Waals surface area contributed by atoms with Crippen LogP contribution < -0.4 is 15.4 Å². The molecule has 1 aliphatic heterocycles. The molecule has 1 atom stereocenters. The molecule has 2 amide bonds. The number of hydrogen-bond acceptors (Lipinski definition) is 3. The van der Waals surface area contributed by atoms with E-state index in [4.69, 9.17) is 10.5 Å². The van der Waals surface area contributed by atoms with E-state index in [0.29, 0.717) is 11.3 Å². The van der Waals surface area contributed by atoms with Crippen LogP contribution in [0.4, 0.5) is 5.69 Å².